The summed E-state index contributed by atoms with van der Waals surface area (Å²) in [5.41, 5.74) is 1.62. The fraction of sp³-hybridized carbons (Fsp3) is 0.474. The Labute approximate surface area is 146 Å². The van der Waals surface area contributed by atoms with Gasteiger partial charge in [0.1, 0.15) is 11.6 Å². The molecule has 1 saturated heterocycles. The fourth-order valence-electron chi connectivity index (χ4n) is 3.20. The summed E-state index contributed by atoms with van der Waals surface area (Å²) in [6.45, 7) is 6.20. The molecule has 1 aliphatic heterocycles. The zero-order valence-electron chi connectivity index (χ0n) is 14.7. The van der Waals surface area contributed by atoms with E-state index in [4.69, 9.17) is 4.74 Å². The molecule has 0 amide bonds. The van der Waals surface area contributed by atoms with E-state index in [1.165, 1.54) is 18.2 Å². The van der Waals surface area contributed by atoms with Crippen LogP contribution < -0.4 is 5.56 Å². The molecule has 1 atom stereocenters. The first-order valence-electron chi connectivity index (χ1n) is 8.69. The van der Waals surface area contributed by atoms with Crippen LogP contribution in [0.4, 0.5) is 4.39 Å². The molecule has 5 nitrogen and oxygen atoms in total. The van der Waals surface area contributed by atoms with Gasteiger partial charge < -0.3 is 9.72 Å². The molecule has 1 fully saturated rings. The van der Waals surface area contributed by atoms with Crippen molar-refractivity contribution >= 4 is 0 Å². The van der Waals surface area contributed by atoms with Crippen LogP contribution in [0.15, 0.2) is 35.1 Å². The number of aryl methyl sites for hydroxylation is 1. The largest absolute Gasteiger partial charge is 0.373 e. The second kappa shape index (κ2) is 7.89. The molecule has 25 heavy (non-hydrogen) atoms. The third kappa shape index (κ3) is 4.74. The summed E-state index contributed by atoms with van der Waals surface area (Å²) in [7, 11) is 0. The van der Waals surface area contributed by atoms with E-state index in [9.17, 15) is 9.18 Å². The lowest BCUT2D eigenvalue weighted by Gasteiger charge is -2.35. The van der Waals surface area contributed by atoms with Crippen molar-refractivity contribution in [2.45, 2.75) is 45.4 Å². The molecule has 6 heteroatoms. The molecule has 1 N–H and O–H groups in total. The van der Waals surface area contributed by atoms with E-state index >= 15 is 0 Å². The standard InChI is InChI=1S/C19H24FN3O2/c1-13-11-18(24)22-19(21-13)14(2)23-9-7-17(8-10-23)25-12-15-3-5-16(20)6-4-15/h3-6,11,14,17H,7-10,12H2,1-2H3,(H,21,22,24). The van der Waals surface area contributed by atoms with Gasteiger partial charge in [0, 0.05) is 24.8 Å². The minimum atomic E-state index is -0.228. The number of nitrogens with zero attached hydrogens (tertiary/aromatic N) is 2. The van der Waals surface area contributed by atoms with Crippen LogP contribution in [-0.2, 0) is 11.3 Å². The van der Waals surface area contributed by atoms with Gasteiger partial charge in [0.05, 0.1) is 18.8 Å². The van der Waals surface area contributed by atoms with E-state index in [0.717, 1.165) is 43.0 Å². The topological polar surface area (TPSA) is 58.2 Å². The number of benzene rings is 1. The normalized spacial score (nSPS) is 17.6. The Morgan fingerprint density at radius 3 is 2.64 bits per heavy atom. The van der Waals surface area contributed by atoms with Gasteiger partial charge in [0.15, 0.2) is 0 Å². The van der Waals surface area contributed by atoms with Crippen LogP contribution in [0.1, 0.15) is 42.9 Å². The van der Waals surface area contributed by atoms with Gasteiger partial charge in [-0.05, 0) is 44.4 Å². The molecule has 0 radical (unpaired) electrons. The number of rotatable bonds is 5. The maximum Gasteiger partial charge on any atom is 0.251 e. The predicted octanol–water partition coefficient (Wildman–Crippen LogP) is 2.96. The first-order valence-corrected chi connectivity index (χ1v) is 8.69. The summed E-state index contributed by atoms with van der Waals surface area (Å²) in [4.78, 5) is 21.2. The third-order valence-corrected chi connectivity index (χ3v) is 4.71. The van der Waals surface area contributed by atoms with E-state index in [0.29, 0.717) is 6.61 Å². The van der Waals surface area contributed by atoms with Crippen molar-refractivity contribution in [3.63, 3.8) is 0 Å². The second-order valence-corrected chi connectivity index (χ2v) is 6.62. The molecule has 1 aliphatic rings. The van der Waals surface area contributed by atoms with Gasteiger partial charge in [-0.1, -0.05) is 12.1 Å². The molecule has 0 spiro atoms. The minimum absolute atomic E-state index is 0.0747. The molecular formula is C19H24FN3O2. The number of hydrogen-bond donors (Lipinski definition) is 1. The average Bonchev–Trinajstić information content (AvgIpc) is 2.60. The molecule has 0 bridgehead atoms. The molecule has 0 aliphatic carbocycles. The van der Waals surface area contributed by atoms with Crippen LogP contribution in [0, 0.1) is 12.7 Å². The van der Waals surface area contributed by atoms with Crippen molar-refractivity contribution in [1.82, 2.24) is 14.9 Å². The Hall–Kier alpha value is -2.05. The smallest absolute Gasteiger partial charge is 0.251 e. The number of aromatic nitrogens is 2. The number of nitrogens with one attached hydrogen (secondary N) is 1. The molecule has 134 valence electrons. The van der Waals surface area contributed by atoms with Crippen molar-refractivity contribution in [2.24, 2.45) is 0 Å². The third-order valence-electron chi connectivity index (χ3n) is 4.71. The molecule has 1 aromatic carbocycles. The number of halogens is 1. The summed E-state index contributed by atoms with van der Waals surface area (Å²) in [5.74, 6) is 0.490. The van der Waals surface area contributed by atoms with Crippen LogP contribution >= 0.6 is 0 Å². The molecule has 0 saturated carbocycles. The summed E-state index contributed by atoms with van der Waals surface area (Å²) >= 11 is 0. The van der Waals surface area contributed by atoms with Gasteiger partial charge in [0.25, 0.3) is 5.56 Å². The van der Waals surface area contributed by atoms with Crippen LogP contribution in [0.3, 0.4) is 0 Å². The molecule has 3 rings (SSSR count). The first kappa shape index (κ1) is 17.8. The van der Waals surface area contributed by atoms with Crippen molar-refractivity contribution in [3.05, 3.63) is 63.6 Å². The van der Waals surface area contributed by atoms with Gasteiger partial charge in [-0.3, -0.25) is 9.69 Å². The number of H-pyrrole nitrogens is 1. The minimum Gasteiger partial charge on any atom is -0.373 e. The second-order valence-electron chi connectivity index (χ2n) is 6.62. The monoisotopic (exact) mass is 345 g/mol. The number of piperidine rings is 1. The zero-order valence-corrected chi connectivity index (χ0v) is 14.7. The molecular weight excluding hydrogens is 321 g/mol. The van der Waals surface area contributed by atoms with Crippen LogP contribution in [-0.4, -0.2) is 34.1 Å². The molecule has 2 heterocycles. The highest BCUT2D eigenvalue weighted by molar-refractivity contribution is 5.15. The lowest BCUT2D eigenvalue weighted by atomic mass is 10.1. The first-order chi connectivity index (χ1) is 12.0. The fourth-order valence-corrected chi connectivity index (χ4v) is 3.20. The number of aromatic amines is 1. The number of likely N-dealkylation sites (tertiary alicyclic amines) is 1. The number of ether oxygens (including phenoxy) is 1. The summed E-state index contributed by atoms with van der Waals surface area (Å²) < 4.78 is 18.9. The highest BCUT2D eigenvalue weighted by Crippen LogP contribution is 2.23. The van der Waals surface area contributed by atoms with Crippen molar-refractivity contribution in [1.29, 1.82) is 0 Å². The maximum atomic E-state index is 12.9. The SMILES string of the molecule is Cc1cc(=O)[nH]c(C(C)N2CCC(OCc3ccc(F)cc3)CC2)n1. The quantitative estimate of drug-likeness (QED) is 0.905. The summed E-state index contributed by atoms with van der Waals surface area (Å²) in [6, 6.07) is 8.01. The van der Waals surface area contributed by atoms with E-state index < -0.39 is 0 Å². The lowest BCUT2D eigenvalue weighted by molar-refractivity contribution is -0.0105. The number of hydrogen-bond acceptors (Lipinski definition) is 4. The van der Waals surface area contributed by atoms with Crippen molar-refractivity contribution < 1.29 is 9.13 Å². The Morgan fingerprint density at radius 2 is 2.00 bits per heavy atom. The average molecular weight is 345 g/mol. The Morgan fingerprint density at radius 1 is 1.32 bits per heavy atom. The Balaban J connectivity index is 1.51. The lowest BCUT2D eigenvalue weighted by Crippen LogP contribution is -2.39. The summed E-state index contributed by atoms with van der Waals surface area (Å²) in [6.07, 6.45) is 2.07. The van der Waals surface area contributed by atoms with E-state index in [-0.39, 0.29) is 23.5 Å². The van der Waals surface area contributed by atoms with Crippen LogP contribution in [0.5, 0.6) is 0 Å². The highest BCUT2D eigenvalue weighted by atomic mass is 19.1. The maximum absolute atomic E-state index is 12.9. The highest BCUT2D eigenvalue weighted by Gasteiger charge is 2.25. The predicted molar refractivity (Wildman–Crippen MR) is 93.8 cm³/mol. The van der Waals surface area contributed by atoms with Crippen molar-refractivity contribution in [3.8, 4) is 0 Å². The van der Waals surface area contributed by atoms with Crippen molar-refractivity contribution in [2.75, 3.05) is 13.1 Å². The van der Waals surface area contributed by atoms with Gasteiger partial charge in [-0.25, -0.2) is 9.37 Å². The zero-order chi connectivity index (χ0) is 17.8. The van der Waals surface area contributed by atoms with Crippen LogP contribution in [0.25, 0.3) is 0 Å². The van der Waals surface area contributed by atoms with Gasteiger partial charge >= 0.3 is 0 Å². The molecule has 1 aromatic heterocycles. The molecule has 1 unspecified atom stereocenters. The van der Waals surface area contributed by atoms with E-state index in [1.54, 1.807) is 12.1 Å². The van der Waals surface area contributed by atoms with Gasteiger partial charge in [-0.2, -0.15) is 0 Å². The van der Waals surface area contributed by atoms with Gasteiger partial charge in [0.2, 0.25) is 0 Å². The van der Waals surface area contributed by atoms with E-state index in [2.05, 4.69) is 21.8 Å². The molecule has 2 aromatic rings. The summed E-state index contributed by atoms with van der Waals surface area (Å²) in [5, 5.41) is 0. The van der Waals surface area contributed by atoms with Gasteiger partial charge in [-0.15, -0.1) is 0 Å². The van der Waals surface area contributed by atoms with E-state index in [1.807, 2.05) is 6.92 Å². The Bertz CT molecular complexity index is 752. The Kier molecular flexibility index (Phi) is 5.60. The van der Waals surface area contributed by atoms with Crippen LogP contribution in [0.2, 0.25) is 0 Å².